The first-order valence-electron chi connectivity index (χ1n) is 5.72. The Bertz CT molecular complexity index is 124. The molecule has 0 spiro atoms. The van der Waals surface area contributed by atoms with E-state index in [1.165, 1.54) is 25.7 Å². The smallest absolute Gasteiger partial charge is 0.0619 e. The van der Waals surface area contributed by atoms with Crippen molar-refractivity contribution in [3.8, 4) is 0 Å². The first-order valence-corrected chi connectivity index (χ1v) is 5.72. The Morgan fingerprint density at radius 3 is 2.00 bits per heavy atom. The minimum atomic E-state index is -0.450. The minimum absolute atomic E-state index is 0.450. The van der Waals surface area contributed by atoms with E-state index in [0.29, 0.717) is 5.92 Å². The summed E-state index contributed by atoms with van der Waals surface area (Å²) in [6.07, 6.45) is 5.08. The van der Waals surface area contributed by atoms with Crippen molar-refractivity contribution in [1.82, 2.24) is 0 Å². The van der Waals surface area contributed by atoms with Crippen LogP contribution in [0.3, 0.4) is 0 Å². The number of aliphatic hydroxyl groups is 1. The molecule has 0 aromatic heterocycles. The lowest BCUT2D eigenvalue weighted by molar-refractivity contribution is -0.00781. The molecule has 0 aromatic carbocycles. The Balaban J connectivity index is 0.000000671. The van der Waals surface area contributed by atoms with E-state index >= 15 is 0 Å². The van der Waals surface area contributed by atoms with Gasteiger partial charge in [0.2, 0.25) is 0 Å². The van der Waals surface area contributed by atoms with E-state index in [2.05, 4.69) is 6.92 Å². The van der Waals surface area contributed by atoms with Crippen LogP contribution in [0.2, 0.25) is 0 Å². The van der Waals surface area contributed by atoms with Crippen LogP contribution in [0.5, 0.6) is 0 Å². The van der Waals surface area contributed by atoms with Gasteiger partial charge in [-0.25, -0.2) is 0 Å². The van der Waals surface area contributed by atoms with Crippen molar-refractivity contribution in [3.05, 3.63) is 0 Å². The molecule has 1 heteroatoms. The summed E-state index contributed by atoms with van der Waals surface area (Å²) < 4.78 is 0. The fourth-order valence-electron chi connectivity index (χ4n) is 2.08. The predicted molar refractivity (Wildman–Crippen MR) is 58.8 cm³/mol. The van der Waals surface area contributed by atoms with Crippen LogP contribution in [0.4, 0.5) is 0 Å². The van der Waals surface area contributed by atoms with E-state index in [1.54, 1.807) is 0 Å². The first kappa shape index (κ1) is 13.0. The molecule has 0 radical (unpaired) electrons. The van der Waals surface area contributed by atoms with Crippen molar-refractivity contribution in [3.63, 3.8) is 0 Å². The molecule has 1 N–H and O–H groups in total. The van der Waals surface area contributed by atoms with Crippen molar-refractivity contribution in [1.29, 1.82) is 0 Å². The van der Waals surface area contributed by atoms with Crippen LogP contribution in [0.1, 0.15) is 60.3 Å². The van der Waals surface area contributed by atoms with E-state index in [0.717, 1.165) is 5.92 Å². The van der Waals surface area contributed by atoms with E-state index in [9.17, 15) is 5.11 Å². The highest BCUT2D eigenvalue weighted by Gasteiger charge is 2.30. The van der Waals surface area contributed by atoms with E-state index in [1.807, 2.05) is 27.7 Å². The van der Waals surface area contributed by atoms with E-state index < -0.39 is 5.60 Å². The highest BCUT2D eigenvalue weighted by molar-refractivity contribution is 4.82. The van der Waals surface area contributed by atoms with Gasteiger partial charge in [-0.3, -0.25) is 0 Å². The van der Waals surface area contributed by atoms with Gasteiger partial charge >= 0.3 is 0 Å². The summed E-state index contributed by atoms with van der Waals surface area (Å²) in [5.74, 6) is 1.35. The molecule has 1 aliphatic rings. The Morgan fingerprint density at radius 2 is 1.69 bits per heavy atom. The van der Waals surface area contributed by atoms with Gasteiger partial charge < -0.3 is 5.11 Å². The Labute approximate surface area is 83.5 Å². The lowest BCUT2D eigenvalue weighted by Gasteiger charge is -2.35. The molecule has 0 heterocycles. The fraction of sp³-hybridized carbons (Fsp3) is 1.00. The van der Waals surface area contributed by atoms with Crippen LogP contribution in [0.25, 0.3) is 0 Å². The Morgan fingerprint density at radius 1 is 1.15 bits per heavy atom. The van der Waals surface area contributed by atoms with Crippen molar-refractivity contribution in [2.75, 3.05) is 0 Å². The Hall–Kier alpha value is -0.0400. The third kappa shape index (κ3) is 4.66. The molecule has 2 atom stereocenters. The second-order valence-electron chi connectivity index (χ2n) is 4.62. The maximum Gasteiger partial charge on any atom is 0.0619 e. The summed E-state index contributed by atoms with van der Waals surface area (Å²) in [7, 11) is 0. The molecule has 0 bridgehead atoms. The van der Waals surface area contributed by atoms with E-state index in [4.69, 9.17) is 0 Å². The summed E-state index contributed by atoms with van der Waals surface area (Å²) in [5, 5.41) is 9.76. The standard InChI is InChI=1S/C10H20O.C2H6/c1-8-5-4-6-9(7-8)10(2,3)11;1-2/h8-9,11H,4-7H2,1-3H3;1-2H3. The maximum atomic E-state index is 9.76. The molecule has 0 amide bonds. The monoisotopic (exact) mass is 186 g/mol. The number of hydrogen-bond acceptors (Lipinski definition) is 1. The second kappa shape index (κ2) is 5.64. The van der Waals surface area contributed by atoms with Crippen molar-refractivity contribution >= 4 is 0 Å². The van der Waals surface area contributed by atoms with Crippen LogP contribution >= 0.6 is 0 Å². The van der Waals surface area contributed by atoms with Crippen LogP contribution in [0, 0.1) is 11.8 Å². The average molecular weight is 186 g/mol. The highest BCUT2D eigenvalue weighted by atomic mass is 16.3. The zero-order chi connectivity index (χ0) is 10.5. The lowest BCUT2D eigenvalue weighted by Crippen LogP contribution is -2.34. The van der Waals surface area contributed by atoms with E-state index in [-0.39, 0.29) is 0 Å². The van der Waals surface area contributed by atoms with Gasteiger partial charge in [0.25, 0.3) is 0 Å². The largest absolute Gasteiger partial charge is 0.390 e. The molecular weight excluding hydrogens is 160 g/mol. The molecule has 1 nitrogen and oxygen atoms in total. The third-order valence-corrected chi connectivity index (χ3v) is 2.94. The van der Waals surface area contributed by atoms with Gasteiger partial charge in [-0.15, -0.1) is 0 Å². The summed E-state index contributed by atoms with van der Waals surface area (Å²) in [5.41, 5.74) is -0.450. The van der Waals surface area contributed by atoms with Crippen molar-refractivity contribution in [2.24, 2.45) is 11.8 Å². The van der Waals surface area contributed by atoms with Crippen molar-refractivity contribution < 1.29 is 5.11 Å². The number of rotatable bonds is 1. The molecule has 1 fully saturated rings. The van der Waals surface area contributed by atoms with Gasteiger partial charge in [0, 0.05) is 0 Å². The van der Waals surface area contributed by atoms with Gasteiger partial charge in [-0.05, 0) is 38.5 Å². The van der Waals surface area contributed by atoms with Gasteiger partial charge in [0.05, 0.1) is 5.60 Å². The summed E-state index contributed by atoms with van der Waals surface area (Å²) in [6, 6.07) is 0. The molecule has 0 aliphatic heterocycles. The quantitative estimate of drug-likeness (QED) is 0.663. The topological polar surface area (TPSA) is 20.2 Å². The molecule has 80 valence electrons. The zero-order valence-electron chi connectivity index (χ0n) is 9.93. The lowest BCUT2D eigenvalue weighted by atomic mass is 9.75. The van der Waals surface area contributed by atoms with Crippen molar-refractivity contribution in [2.45, 2.75) is 65.9 Å². The van der Waals surface area contributed by atoms with Crippen LogP contribution < -0.4 is 0 Å². The fourth-order valence-corrected chi connectivity index (χ4v) is 2.08. The number of hydrogen-bond donors (Lipinski definition) is 1. The van der Waals surface area contributed by atoms with Crippen LogP contribution in [-0.2, 0) is 0 Å². The summed E-state index contributed by atoms with van der Waals surface area (Å²) in [6.45, 7) is 10.2. The summed E-state index contributed by atoms with van der Waals surface area (Å²) >= 11 is 0. The predicted octanol–water partition coefficient (Wildman–Crippen LogP) is 3.61. The van der Waals surface area contributed by atoms with Gasteiger partial charge in [-0.1, -0.05) is 33.6 Å². The van der Waals surface area contributed by atoms with Crippen LogP contribution in [0.15, 0.2) is 0 Å². The molecular formula is C12H26O. The van der Waals surface area contributed by atoms with Crippen LogP contribution in [-0.4, -0.2) is 10.7 Å². The first-order chi connectivity index (χ1) is 6.00. The minimum Gasteiger partial charge on any atom is -0.390 e. The summed E-state index contributed by atoms with van der Waals surface area (Å²) in [4.78, 5) is 0. The molecule has 13 heavy (non-hydrogen) atoms. The molecule has 1 rings (SSSR count). The highest BCUT2D eigenvalue weighted by Crippen LogP contribution is 2.35. The zero-order valence-corrected chi connectivity index (χ0v) is 9.93. The Kier molecular flexibility index (Phi) is 5.62. The SMILES string of the molecule is CC.CC1CCCC(C(C)(C)O)C1. The molecule has 0 saturated heterocycles. The van der Waals surface area contributed by atoms with Gasteiger partial charge in [0.1, 0.15) is 0 Å². The maximum absolute atomic E-state index is 9.76. The van der Waals surface area contributed by atoms with Gasteiger partial charge in [0.15, 0.2) is 0 Å². The van der Waals surface area contributed by atoms with Gasteiger partial charge in [-0.2, -0.15) is 0 Å². The third-order valence-electron chi connectivity index (χ3n) is 2.94. The normalized spacial score (nSPS) is 29.1. The molecule has 2 unspecified atom stereocenters. The molecule has 1 aliphatic carbocycles. The molecule has 0 aromatic rings. The average Bonchev–Trinajstić information content (AvgIpc) is 2.06. The molecule has 1 saturated carbocycles. The second-order valence-corrected chi connectivity index (χ2v) is 4.62.